The van der Waals surface area contributed by atoms with Gasteiger partial charge < -0.3 is 10.0 Å². The fourth-order valence-corrected chi connectivity index (χ4v) is 2.71. The van der Waals surface area contributed by atoms with Crippen LogP contribution in [0.25, 0.3) is 0 Å². The number of fused-ring (bicyclic) bond motifs is 1. The topological polar surface area (TPSA) is 36.4 Å². The lowest BCUT2D eigenvalue weighted by molar-refractivity contribution is 0.169. The number of hydrogen-bond acceptors (Lipinski definition) is 3. The van der Waals surface area contributed by atoms with Crippen LogP contribution < -0.4 is 4.90 Å². The summed E-state index contributed by atoms with van der Waals surface area (Å²) in [5.74, 6) is 0. The average molecular weight is 268 g/mol. The standard InChI is InChI=1S/C17H20N2O/c1-2-17(20)16-8-7-15(11-18-16)19-10-9-13-5-3-4-6-14(13)12-19/h3-8,11,17,20H,2,9-10,12H2,1H3/t17-/m0/s1. The van der Waals surface area contributed by atoms with E-state index >= 15 is 0 Å². The normalized spacial score (nSPS) is 15.8. The molecule has 0 saturated heterocycles. The summed E-state index contributed by atoms with van der Waals surface area (Å²) in [5.41, 5.74) is 4.74. The van der Waals surface area contributed by atoms with E-state index in [9.17, 15) is 5.11 Å². The molecular formula is C17H20N2O. The molecule has 0 aliphatic carbocycles. The van der Waals surface area contributed by atoms with Gasteiger partial charge in [0.25, 0.3) is 0 Å². The van der Waals surface area contributed by atoms with E-state index in [1.165, 1.54) is 11.1 Å². The Labute approximate surface area is 119 Å². The number of anilines is 1. The van der Waals surface area contributed by atoms with Crippen LogP contribution in [0.2, 0.25) is 0 Å². The van der Waals surface area contributed by atoms with Gasteiger partial charge in [0.2, 0.25) is 0 Å². The Morgan fingerprint density at radius 3 is 2.70 bits per heavy atom. The van der Waals surface area contributed by atoms with Crippen LogP contribution >= 0.6 is 0 Å². The molecule has 1 aromatic heterocycles. The van der Waals surface area contributed by atoms with Gasteiger partial charge in [-0.05, 0) is 36.1 Å². The van der Waals surface area contributed by atoms with E-state index in [1.54, 1.807) is 0 Å². The van der Waals surface area contributed by atoms with Crippen LogP contribution in [0, 0.1) is 0 Å². The highest BCUT2D eigenvalue weighted by atomic mass is 16.3. The van der Waals surface area contributed by atoms with Crippen molar-refractivity contribution in [3.05, 3.63) is 59.4 Å². The second-order valence-electron chi connectivity index (χ2n) is 5.31. The highest BCUT2D eigenvalue weighted by molar-refractivity contribution is 5.48. The summed E-state index contributed by atoms with van der Waals surface area (Å²) in [7, 11) is 0. The summed E-state index contributed by atoms with van der Waals surface area (Å²) in [6.07, 6.45) is 3.20. The smallest absolute Gasteiger partial charge is 0.0957 e. The Kier molecular flexibility index (Phi) is 3.70. The molecule has 0 amide bonds. The van der Waals surface area contributed by atoms with Gasteiger partial charge in [0.1, 0.15) is 0 Å². The Morgan fingerprint density at radius 2 is 2.00 bits per heavy atom. The fourth-order valence-electron chi connectivity index (χ4n) is 2.71. The van der Waals surface area contributed by atoms with Gasteiger partial charge >= 0.3 is 0 Å². The van der Waals surface area contributed by atoms with Gasteiger partial charge in [-0.25, -0.2) is 0 Å². The number of aliphatic hydroxyl groups is 1. The highest BCUT2D eigenvalue weighted by Gasteiger charge is 2.16. The SMILES string of the molecule is CC[C@H](O)c1ccc(N2CCc3ccccc3C2)cn1. The van der Waals surface area contributed by atoms with Crippen LogP contribution in [0.4, 0.5) is 5.69 Å². The monoisotopic (exact) mass is 268 g/mol. The minimum Gasteiger partial charge on any atom is -0.387 e. The maximum absolute atomic E-state index is 9.78. The molecule has 3 heteroatoms. The maximum Gasteiger partial charge on any atom is 0.0957 e. The van der Waals surface area contributed by atoms with Crippen LogP contribution in [-0.4, -0.2) is 16.6 Å². The molecule has 0 bridgehead atoms. The second-order valence-corrected chi connectivity index (χ2v) is 5.31. The molecule has 0 saturated carbocycles. The van der Waals surface area contributed by atoms with Crippen LogP contribution in [0.5, 0.6) is 0 Å². The summed E-state index contributed by atoms with van der Waals surface area (Å²) in [6.45, 7) is 3.92. The zero-order valence-corrected chi connectivity index (χ0v) is 11.8. The lowest BCUT2D eigenvalue weighted by Crippen LogP contribution is -2.30. The molecule has 0 radical (unpaired) electrons. The Balaban J connectivity index is 1.78. The minimum atomic E-state index is -0.453. The summed E-state index contributed by atoms with van der Waals surface area (Å²) in [4.78, 5) is 6.73. The molecule has 1 aromatic carbocycles. The predicted molar refractivity (Wildman–Crippen MR) is 80.7 cm³/mol. The van der Waals surface area contributed by atoms with Gasteiger partial charge in [0, 0.05) is 13.1 Å². The molecule has 0 fully saturated rings. The number of rotatable bonds is 3. The van der Waals surface area contributed by atoms with E-state index < -0.39 is 6.10 Å². The number of pyridine rings is 1. The van der Waals surface area contributed by atoms with Crippen molar-refractivity contribution in [1.82, 2.24) is 4.98 Å². The van der Waals surface area contributed by atoms with E-state index in [2.05, 4.69) is 40.2 Å². The van der Waals surface area contributed by atoms with Gasteiger partial charge in [-0.15, -0.1) is 0 Å². The zero-order valence-electron chi connectivity index (χ0n) is 11.8. The first-order valence-electron chi connectivity index (χ1n) is 7.23. The number of aliphatic hydroxyl groups excluding tert-OH is 1. The summed E-state index contributed by atoms with van der Waals surface area (Å²) in [5, 5.41) is 9.78. The third-order valence-corrected chi connectivity index (χ3v) is 3.99. The van der Waals surface area contributed by atoms with Crippen molar-refractivity contribution in [2.24, 2.45) is 0 Å². The quantitative estimate of drug-likeness (QED) is 0.929. The first kappa shape index (κ1) is 13.1. The third-order valence-electron chi connectivity index (χ3n) is 3.99. The fraction of sp³-hybridized carbons (Fsp3) is 0.353. The molecule has 0 unspecified atom stereocenters. The summed E-state index contributed by atoms with van der Waals surface area (Å²) < 4.78 is 0. The molecule has 1 N–H and O–H groups in total. The number of aromatic nitrogens is 1. The maximum atomic E-state index is 9.78. The number of benzene rings is 1. The van der Waals surface area contributed by atoms with Crippen molar-refractivity contribution in [1.29, 1.82) is 0 Å². The number of hydrogen-bond donors (Lipinski definition) is 1. The van der Waals surface area contributed by atoms with E-state index in [0.29, 0.717) is 6.42 Å². The molecule has 1 aliphatic heterocycles. The highest BCUT2D eigenvalue weighted by Crippen LogP contribution is 2.25. The second kappa shape index (κ2) is 5.63. The molecule has 3 rings (SSSR count). The molecule has 20 heavy (non-hydrogen) atoms. The molecule has 1 atom stereocenters. The first-order valence-corrected chi connectivity index (χ1v) is 7.23. The van der Waals surface area contributed by atoms with E-state index in [0.717, 1.165) is 30.9 Å². The molecule has 1 aliphatic rings. The van der Waals surface area contributed by atoms with Crippen molar-refractivity contribution in [2.45, 2.75) is 32.4 Å². The van der Waals surface area contributed by atoms with Crippen molar-refractivity contribution in [3.63, 3.8) is 0 Å². The van der Waals surface area contributed by atoms with E-state index in [1.807, 2.05) is 19.2 Å². The van der Waals surface area contributed by atoms with Crippen LogP contribution in [0.1, 0.15) is 36.3 Å². The molecule has 0 spiro atoms. The van der Waals surface area contributed by atoms with Gasteiger partial charge in [-0.2, -0.15) is 0 Å². The average Bonchev–Trinajstić information content (AvgIpc) is 2.54. The minimum absolute atomic E-state index is 0.453. The summed E-state index contributed by atoms with van der Waals surface area (Å²) >= 11 is 0. The summed E-state index contributed by atoms with van der Waals surface area (Å²) in [6, 6.07) is 12.6. The Morgan fingerprint density at radius 1 is 1.20 bits per heavy atom. The van der Waals surface area contributed by atoms with E-state index in [-0.39, 0.29) is 0 Å². The Bertz CT molecular complexity index is 580. The van der Waals surface area contributed by atoms with Gasteiger partial charge in [-0.1, -0.05) is 31.2 Å². The molecular weight excluding hydrogens is 248 g/mol. The van der Waals surface area contributed by atoms with Crippen LogP contribution in [0.3, 0.4) is 0 Å². The molecule has 2 aromatic rings. The largest absolute Gasteiger partial charge is 0.387 e. The van der Waals surface area contributed by atoms with Crippen molar-refractivity contribution >= 4 is 5.69 Å². The van der Waals surface area contributed by atoms with Crippen molar-refractivity contribution in [3.8, 4) is 0 Å². The number of nitrogens with zero attached hydrogens (tertiary/aromatic N) is 2. The van der Waals surface area contributed by atoms with Crippen LogP contribution in [-0.2, 0) is 13.0 Å². The van der Waals surface area contributed by atoms with Gasteiger partial charge in [0.15, 0.2) is 0 Å². The Hall–Kier alpha value is -1.87. The molecule has 3 nitrogen and oxygen atoms in total. The van der Waals surface area contributed by atoms with Gasteiger partial charge in [-0.3, -0.25) is 4.98 Å². The third kappa shape index (κ3) is 2.54. The molecule has 2 heterocycles. The lowest BCUT2D eigenvalue weighted by Gasteiger charge is -2.30. The molecule has 104 valence electrons. The van der Waals surface area contributed by atoms with Crippen molar-refractivity contribution < 1.29 is 5.11 Å². The van der Waals surface area contributed by atoms with E-state index in [4.69, 9.17) is 0 Å². The predicted octanol–water partition coefficient (Wildman–Crippen LogP) is 3.09. The van der Waals surface area contributed by atoms with Crippen LogP contribution in [0.15, 0.2) is 42.6 Å². The van der Waals surface area contributed by atoms with Gasteiger partial charge in [0.05, 0.1) is 23.7 Å². The first-order chi connectivity index (χ1) is 9.78. The lowest BCUT2D eigenvalue weighted by atomic mass is 9.99. The van der Waals surface area contributed by atoms with Crippen molar-refractivity contribution in [2.75, 3.05) is 11.4 Å². The zero-order chi connectivity index (χ0) is 13.9.